The summed E-state index contributed by atoms with van der Waals surface area (Å²) in [6, 6.07) is 22.1. The molecular weight excluding hydrogens is 486 g/mol. The minimum absolute atomic E-state index is 0.0881. The summed E-state index contributed by atoms with van der Waals surface area (Å²) in [4.78, 5) is 28.4. The molecule has 0 heterocycles. The molecule has 0 saturated carbocycles. The smallest absolute Gasteiger partial charge is 0.264 e. The van der Waals surface area contributed by atoms with E-state index in [9.17, 15) is 18.0 Å². The van der Waals surface area contributed by atoms with Crippen molar-refractivity contribution in [2.24, 2.45) is 0 Å². The third kappa shape index (κ3) is 6.98. The Morgan fingerprint density at radius 1 is 0.865 bits per heavy atom. The van der Waals surface area contributed by atoms with Crippen LogP contribution in [0.5, 0.6) is 0 Å². The van der Waals surface area contributed by atoms with Crippen LogP contribution in [0.4, 0.5) is 5.69 Å². The van der Waals surface area contributed by atoms with Crippen molar-refractivity contribution >= 4 is 27.5 Å². The maximum absolute atomic E-state index is 13.9. The van der Waals surface area contributed by atoms with E-state index in [0.29, 0.717) is 18.7 Å². The van der Waals surface area contributed by atoms with Crippen LogP contribution in [0.25, 0.3) is 0 Å². The fourth-order valence-corrected chi connectivity index (χ4v) is 5.56. The van der Waals surface area contributed by atoms with Gasteiger partial charge < -0.3 is 10.2 Å². The largest absolute Gasteiger partial charge is 0.355 e. The Kier molecular flexibility index (Phi) is 9.47. The van der Waals surface area contributed by atoms with Crippen LogP contribution in [0.2, 0.25) is 0 Å². The number of amides is 2. The lowest BCUT2D eigenvalue weighted by molar-refractivity contribution is -0.140. The number of benzene rings is 3. The van der Waals surface area contributed by atoms with E-state index in [1.807, 2.05) is 58.0 Å². The molecule has 2 amide bonds. The molecule has 0 aliphatic rings. The van der Waals surface area contributed by atoms with Crippen LogP contribution in [-0.2, 0) is 26.2 Å². The lowest BCUT2D eigenvalue weighted by atomic mass is 10.1. The lowest BCUT2D eigenvalue weighted by Gasteiger charge is -2.33. The highest BCUT2D eigenvalue weighted by atomic mass is 32.2. The molecule has 7 nitrogen and oxygen atoms in total. The molecule has 3 rings (SSSR count). The molecule has 0 saturated heterocycles. The van der Waals surface area contributed by atoms with Crippen molar-refractivity contribution in [1.29, 1.82) is 0 Å². The van der Waals surface area contributed by atoms with E-state index in [-0.39, 0.29) is 17.3 Å². The van der Waals surface area contributed by atoms with Crippen LogP contribution in [0.1, 0.15) is 37.0 Å². The van der Waals surface area contributed by atoms with Gasteiger partial charge in [-0.15, -0.1) is 0 Å². The van der Waals surface area contributed by atoms with Crippen molar-refractivity contribution in [2.45, 2.75) is 51.6 Å². The van der Waals surface area contributed by atoms with Gasteiger partial charge in [0.25, 0.3) is 10.0 Å². The van der Waals surface area contributed by atoms with Crippen LogP contribution in [-0.4, -0.2) is 44.3 Å². The summed E-state index contributed by atoms with van der Waals surface area (Å²) in [5, 5.41) is 2.81. The average molecular weight is 522 g/mol. The van der Waals surface area contributed by atoms with Crippen LogP contribution in [0.15, 0.2) is 83.8 Å². The number of rotatable bonds is 11. The standard InChI is InChI=1S/C29H35N3O4S/c1-5-27(29(34)30-6-2)31(20-24-17-15-22(3)16-18-24)28(33)21-32(25-12-10-11-23(4)19-25)37(35,36)26-13-8-7-9-14-26/h7-19,27H,5-6,20-21H2,1-4H3,(H,30,34)/t27-/m1/s1. The number of aryl methyl sites for hydroxylation is 2. The number of hydrogen-bond acceptors (Lipinski definition) is 4. The zero-order valence-corrected chi connectivity index (χ0v) is 22.7. The maximum atomic E-state index is 13.9. The highest BCUT2D eigenvalue weighted by Crippen LogP contribution is 2.25. The molecule has 8 heteroatoms. The summed E-state index contributed by atoms with van der Waals surface area (Å²) in [7, 11) is -4.06. The monoisotopic (exact) mass is 521 g/mol. The Balaban J connectivity index is 2.04. The van der Waals surface area contributed by atoms with Gasteiger partial charge >= 0.3 is 0 Å². The van der Waals surface area contributed by atoms with E-state index in [0.717, 1.165) is 21.0 Å². The second-order valence-electron chi connectivity index (χ2n) is 8.99. The van der Waals surface area contributed by atoms with E-state index < -0.39 is 28.5 Å². The SMILES string of the molecule is CCNC(=O)[C@@H](CC)N(Cc1ccc(C)cc1)C(=O)CN(c1cccc(C)c1)S(=O)(=O)c1ccccc1. The number of nitrogens with one attached hydrogen (secondary N) is 1. The van der Waals surface area contributed by atoms with Gasteiger partial charge in [-0.1, -0.05) is 67.1 Å². The topological polar surface area (TPSA) is 86.8 Å². The molecule has 0 unspecified atom stereocenters. The van der Waals surface area contributed by atoms with Crippen LogP contribution in [0, 0.1) is 13.8 Å². The third-order valence-corrected chi connectivity index (χ3v) is 7.90. The molecule has 196 valence electrons. The van der Waals surface area contributed by atoms with Crippen LogP contribution in [0.3, 0.4) is 0 Å². The number of carbonyl (C=O) groups excluding carboxylic acids is 2. The number of sulfonamides is 1. The van der Waals surface area contributed by atoms with Gasteiger partial charge in [0.15, 0.2) is 0 Å². The Labute approximate surface area is 220 Å². The molecule has 3 aromatic carbocycles. The van der Waals surface area contributed by atoms with Gasteiger partial charge in [0, 0.05) is 13.1 Å². The van der Waals surface area contributed by atoms with E-state index in [1.165, 1.54) is 17.0 Å². The molecule has 0 fully saturated rings. The van der Waals surface area contributed by atoms with Crippen molar-refractivity contribution in [3.63, 3.8) is 0 Å². The van der Waals surface area contributed by atoms with Crippen molar-refractivity contribution in [2.75, 3.05) is 17.4 Å². The van der Waals surface area contributed by atoms with Gasteiger partial charge in [0.1, 0.15) is 12.6 Å². The third-order valence-electron chi connectivity index (χ3n) is 6.11. The zero-order valence-electron chi connectivity index (χ0n) is 21.8. The van der Waals surface area contributed by atoms with E-state index in [2.05, 4.69) is 5.32 Å². The highest BCUT2D eigenvalue weighted by Gasteiger charge is 2.33. The molecule has 0 bridgehead atoms. The molecule has 1 atom stereocenters. The Morgan fingerprint density at radius 2 is 1.54 bits per heavy atom. The first-order chi connectivity index (χ1) is 17.7. The Morgan fingerprint density at radius 3 is 2.14 bits per heavy atom. The van der Waals surface area contributed by atoms with Crippen molar-refractivity contribution in [3.8, 4) is 0 Å². The van der Waals surface area contributed by atoms with Gasteiger partial charge in [0.05, 0.1) is 10.6 Å². The number of anilines is 1. The zero-order chi connectivity index (χ0) is 27.0. The number of likely N-dealkylation sites (N-methyl/N-ethyl adjacent to an activating group) is 1. The minimum atomic E-state index is -4.06. The number of nitrogens with zero attached hydrogens (tertiary/aromatic N) is 2. The van der Waals surface area contributed by atoms with E-state index in [4.69, 9.17) is 0 Å². The quantitative estimate of drug-likeness (QED) is 0.404. The predicted octanol–water partition coefficient (Wildman–Crippen LogP) is 4.44. The summed E-state index contributed by atoms with van der Waals surface area (Å²) in [5.41, 5.74) is 3.19. The summed E-state index contributed by atoms with van der Waals surface area (Å²) in [6.07, 6.45) is 0.388. The highest BCUT2D eigenvalue weighted by molar-refractivity contribution is 7.92. The second kappa shape index (κ2) is 12.5. The molecule has 0 spiro atoms. The molecule has 37 heavy (non-hydrogen) atoms. The lowest BCUT2D eigenvalue weighted by Crippen LogP contribution is -2.52. The fraction of sp³-hybridized carbons (Fsp3) is 0.310. The summed E-state index contributed by atoms with van der Waals surface area (Å²) in [5.74, 6) is -0.724. The van der Waals surface area contributed by atoms with E-state index in [1.54, 1.807) is 36.4 Å². The minimum Gasteiger partial charge on any atom is -0.355 e. The van der Waals surface area contributed by atoms with Crippen molar-refractivity contribution in [3.05, 3.63) is 95.6 Å². The van der Waals surface area contributed by atoms with Crippen LogP contribution < -0.4 is 9.62 Å². The Bertz CT molecular complexity index is 1310. The first kappa shape index (κ1) is 27.9. The summed E-state index contributed by atoms with van der Waals surface area (Å²) in [6.45, 7) is 7.68. The molecule has 1 N–H and O–H groups in total. The fourth-order valence-electron chi connectivity index (χ4n) is 4.13. The molecule has 0 aliphatic carbocycles. The van der Waals surface area contributed by atoms with Gasteiger partial charge in [-0.3, -0.25) is 13.9 Å². The van der Waals surface area contributed by atoms with Gasteiger partial charge in [-0.2, -0.15) is 0 Å². The van der Waals surface area contributed by atoms with Crippen molar-refractivity contribution < 1.29 is 18.0 Å². The Hall–Kier alpha value is -3.65. The molecule has 0 aliphatic heterocycles. The summed E-state index contributed by atoms with van der Waals surface area (Å²) >= 11 is 0. The summed E-state index contributed by atoms with van der Waals surface area (Å²) < 4.78 is 28.6. The van der Waals surface area contributed by atoms with Gasteiger partial charge in [0.2, 0.25) is 11.8 Å². The second-order valence-corrected chi connectivity index (χ2v) is 10.9. The number of hydrogen-bond donors (Lipinski definition) is 1. The first-order valence-corrected chi connectivity index (χ1v) is 13.9. The molecule has 0 aromatic heterocycles. The maximum Gasteiger partial charge on any atom is 0.264 e. The van der Waals surface area contributed by atoms with Gasteiger partial charge in [-0.05, 0) is 62.6 Å². The molecular formula is C29H35N3O4S. The molecule has 3 aromatic rings. The normalized spacial score (nSPS) is 12.0. The molecule has 0 radical (unpaired) electrons. The van der Waals surface area contributed by atoms with Gasteiger partial charge in [-0.25, -0.2) is 8.42 Å². The predicted molar refractivity (Wildman–Crippen MR) is 147 cm³/mol. The first-order valence-electron chi connectivity index (χ1n) is 12.4. The van der Waals surface area contributed by atoms with Crippen LogP contribution >= 0.6 is 0 Å². The van der Waals surface area contributed by atoms with E-state index >= 15 is 0 Å². The number of carbonyl (C=O) groups is 2. The average Bonchev–Trinajstić information content (AvgIpc) is 2.88. The van der Waals surface area contributed by atoms with Crippen molar-refractivity contribution in [1.82, 2.24) is 10.2 Å².